The maximum Gasteiger partial charge on any atom is 0.257 e. The van der Waals surface area contributed by atoms with Gasteiger partial charge in [0.05, 0.1) is 35.2 Å². The van der Waals surface area contributed by atoms with Crippen LogP contribution >= 0.6 is 0 Å². The van der Waals surface area contributed by atoms with Crippen LogP contribution in [0.4, 0.5) is 14.6 Å². The second-order valence-electron chi connectivity index (χ2n) is 9.92. The number of alkyl halides is 1. The van der Waals surface area contributed by atoms with Crippen LogP contribution in [0, 0.1) is 5.82 Å². The summed E-state index contributed by atoms with van der Waals surface area (Å²) in [5.41, 5.74) is 8.28. The maximum absolute atomic E-state index is 15.0. The molecule has 0 unspecified atom stereocenters. The van der Waals surface area contributed by atoms with Crippen molar-refractivity contribution in [3.8, 4) is 5.75 Å². The molecule has 1 amide bonds. The number of carbonyl (C=O) groups is 1. The summed E-state index contributed by atoms with van der Waals surface area (Å²) >= 11 is 0. The van der Waals surface area contributed by atoms with Crippen molar-refractivity contribution in [2.24, 2.45) is 0 Å². The van der Waals surface area contributed by atoms with Crippen molar-refractivity contribution < 1.29 is 18.3 Å². The Bertz CT molecular complexity index is 1530. The van der Waals surface area contributed by atoms with Crippen LogP contribution < -0.4 is 10.5 Å². The molecule has 7 nitrogen and oxygen atoms in total. The molecule has 3 heterocycles. The van der Waals surface area contributed by atoms with Gasteiger partial charge in [0.1, 0.15) is 35.2 Å². The fourth-order valence-corrected chi connectivity index (χ4v) is 6.01. The number of nitrogens with two attached hydrogens (primary N) is 1. The standard InChI is InChI=1S/C25H21F2N5O2/c1-31(20-8-34-21-4-13(2-3-14(20)21)24-9-25(27,10-24)11-24)23(33)15-5-18-17(6-16(15)26)30-22(28)19-7-29-12-32(18)19/h2-7,12,20H,8-11H2,1H3,(H2,28,30)/t20-,24?,25?/m1/s1. The Kier molecular flexibility index (Phi) is 3.60. The zero-order valence-electron chi connectivity index (χ0n) is 18.4. The summed E-state index contributed by atoms with van der Waals surface area (Å²) in [6, 6.07) is 8.30. The molecule has 1 atom stereocenters. The first-order valence-corrected chi connectivity index (χ1v) is 11.2. The van der Waals surface area contributed by atoms with Crippen LogP contribution in [-0.4, -0.2) is 44.5 Å². The second-order valence-corrected chi connectivity index (χ2v) is 9.92. The van der Waals surface area contributed by atoms with Gasteiger partial charge in [-0.15, -0.1) is 0 Å². The topological polar surface area (TPSA) is 85.8 Å². The maximum atomic E-state index is 15.0. The predicted octanol–water partition coefficient (Wildman–Crippen LogP) is 3.95. The highest BCUT2D eigenvalue weighted by atomic mass is 19.1. The lowest BCUT2D eigenvalue weighted by atomic mass is 9.40. The van der Waals surface area contributed by atoms with E-state index in [0.717, 1.165) is 11.1 Å². The number of carbonyl (C=O) groups excluding carboxylic acids is 1. The Labute approximate surface area is 193 Å². The van der Waals surface area contributed by atoms with Crippen LogP contribution in [0.25, 0.3) is 16.6 Å². The number of ether oxygens (including phenoxy) is 1. The van der Waals surface area contributed by atoms with Crippen molar-refractivity contribution in [3.63, 3.8) is 0 Å². The van der Waals surface area contributed by atoms with Gasteiger partial charge in [0.15, 0.2) is 0 Å². The molecule has 2 aromatic carbocycles. The van der Waals surface area contributed by atoms with E-state index in [4.69, 9.17) is 10.5 Å². The zero-order chi connectivity index (χ0) is 23.4. The van der Waals surface area contributed by atoms with Crippen LogP contribution in [0.3, 0.4) is 0 Å². The highest BCUT2D eigenvalue weighted by molar-refractivity contribution is 5.98. The lowest BCUT2D eigenvalue weighted by molar-refractivity contribution is -0.158. The summed E-state index contributed by atoms with van der Waals surface area (Å²) in [7, 11) is 1.64. The first-order chi connectivity index (χ1) is 16.3. The van der Waals surface area contributed by atoms with Crippen LogP contribution in [0.2, 0.25) is 0 Å². The minimum Gasteiger partial charge on any atom is -0.491 e. The average molecular weight is 461 g/mol. The predicted molar refractivity (Wildman–Crippen MR) is 121 cm³/mol. The molecular formula is C25H21F2N5O2. The lowest BCUT2D eigenvalue weighted by Crippen LogP contribution is -2.67. The Morgan fingerprint density at radius 1 is 1.24 bits per heavy atom. The fraction of sp³-hybridized carbons (Fsp3) is 0.320. The molecule has 0 radical (unpaired) electrons. The van der Waals surface area contributed by atoms with Crippen LogP contribution in [-0.2, 0) is 5.41 Å². The highest BCUT2D eigenvalue weighted by Crippen LogP contribution is 2.70. The molecule has 1 aliphatic heterocycles. The number of nitrogen functional groups attached to an aromatic ring is 1. The van der Waals surface area contributed by atoms with E-state index < -0.39 is 17.4 Å². The van der Waals surface area contributed by atoms with Gasteiger partial charge < -0.3 is 15.4 Å². The Morgan fingerprint density at radius 2 is 2.03 bits per heavy atom. The normalized spacial score (nSPS) is 26.6. The number of amides is 1. The molecule has 0 saturated heterocycles. The fourth-order valence-electron chi connectivity index (χ4n) is 6.01. The number of hydrogen-bond donors (Lipinski definition) is 1. The van der Waals surface area contributed by atoms with E-state index in [0.29, 0.717) is 41.6 Å². The monoisotopic (exact) mass is 461 g/mol. The van der Waals surface area contributed by atoms with Gasteiger partial charge in [-0.1, -0.05) is 12.1 Å². The largest absolute Gasteiger partial charge is 0.491 e. The van der Waals surface area contributed by atoms with Crippen LogP contribution in [0.5, 0.6) is 5.75 Å². The summed E-state index contributed by atoms with van der Waals surface area (Å²) in [5, 5.41) is 0. The minimum absolute atomic E-state index is 0.0583. The quantitative estimate of drug-likeness (QED) is 0.499. The number of halogens is 2. The van der Waals surface area contributed by atoms with E-state index in [1.54, 1.807) is 24.0 Å². The van der Waals surface area contributed by atoms with Crippen molar-refractivity contribution in [1.82, 2.24) is 19.3 Å². The number of hydrogen-bond acceptors (Lipinski definition) is 5. The molecule has 2 bridgehead atoms. The van der Waals surface area contributed by atoms with Gasteiger partial charge in [0.25, 0.3) is 5.91 Å². The van der Waals surface area contributed by atoms with Gasteiger partial charge in [-0.2, -0.15) is 0 Å². The molecule has 3 saturated carbocycles. The second kappa shape index (κ2) is 6.22. The summed E-state index contributed by atoms with van der Waals surface area (Å²) in [6.07, 6.45) is 4.85. The molecule has 172 valence electrons. The first-order valence-electron chi connectivity index (χ1n) is 11.2. The van der Waals surface area contributed by atoms with Crippen molar-refractivity contribution in [3.05, 3.63) is 65.4 Å². The van der Waals surface area contributed by atoms with Gasteiger partial charge in [-0.3, -0.25) is 9.20 Å². The number of rotatable bonds is 3. The number of benzene rings is 2. The van der Waals surface area contributed by atoms with Crippen molar-refractivity contribution in [2.45, 2.75) is 36.4 Å². The third-order valence-electron chi connectivity index (χ3n) is 7.83. The molecule has 2 aromatic heterocycles. The first kappa shape index (κ1) is 19.7. The van der Waals surface area contributed by atoms with Gasteiger partial charge >= 0.3 is 0 Å². The molecule has 4 aliphatic rings. The molecule has 0 spiro atoms. The Hall–Kier alpha value is -3.75. The molecule has 34 heavy (non-hydrogen) atoms. The molecule has 9 heteroatoms. The smallest absolute Gasteiger partial charge is 0.257 e. The average Bonchev–Trinajstić information content (AvgIpc) is 3.42. The molecule has 8 rings (SSSR count). The molecule has 3 aliphatic carbocycles. The van der Waals surface area contributed by atoms with Crippen LogP contribution in [0.1, 0.15) is 46.8 Å². The van der Waals surface area contributed by atoms with Crippen LogP contribution in [0.15, 0.2) is 42.9 Å². The number of anilines is 1. The summed E-state index contributed by atoms with van der Waals surface area (Å²) in [4.78, 5) is 23.2. The van der Waals surface area contributed by atoms with Crippen molar-refractivity contribution in [1.29, 1.82) is 0 Å². The van der Waals surface area contributed by atoms with Gasteiger partial charge in [-0.25, -0.2) is 18.7 Å². The number of nitrogens with zero attached hydrogens (tertiary/aromatic N) is 4. The van der Waals surface area contributed by atoms with Gasteiger partial charge in [0.2, 0.25) is 0 Å². The van der Waals surface area contributed by atoms with E-state index in [-0.39, 0.29) is 29.4 Å². The molecule has 2 N–H and O–H groups in total. The van der Waals surface area contributed by atoms with E-state index in [1.165, 1.54) is 17.0 Å². The number of imidazole rings is 1. The Morgan fingerprint density at radius 3 is 2.79 bits per heavy atom. The van der Waals surface area contributed by atoms with Gasteiger partial charge in [0, 0.05) is 24.1 Å². The van der Waals surface area contributed by atoms with E-state index >= 15 is 4.39 Å². The highest BCUT2D eigenvalue weighted by Gasteiger charge is 2.69. The SMILES string of the molecule is CN(C(=O)c1cc2c(cc1F)nc(N)c1cncn12)[C@@H]1COc2cc(C34CC(F)(C3)C4)ccc21. The number of aromatic nitrogens is 3. The van der Waals surface area contributed by atoms with E-state index in [2.05, 4.69) is 9.97 Å². The summed E-state index contributed by atoms with van der Waals surface area (Å²) in [5.74, 6) is -0.193. The van der Waals surface area contributed by atoms with Crippen molar-refractivity contribution in [2.75, 3.05) is 19.4 Å². The number of fused-ring (bicyclic) bond motifs is 4. The molecule has 3 fully saturated rings. The van der Waals surface area contributed by atoms with E-state index in [9.17, 15) is 9.18 Å². The van der Waals surface area contributed by atoms with E-state index in [1.807, 2.05) is 18.2 Å². The zero-order valence-corrected chi connectivity index (χ0v) is 18.4. The third-order valence-corrected chi connectivity index (χ3v) is 7.83. The summed E-state index contributed by atoms with van der Waals surface area (Å²) < 4.78 is 36.6. The molecular weight excluding hydrogens is 440 g/mol. The Balaban J connectivity index is 1.22. The lowest BCUT2D eigenvalue weighted by Gasteiger charge is -2.66. The third kappa shape index (κ3) is 2.47. The van der Waals surface area contributed by atoms with Crippen molar-refractivity contribution >= 4 is 28.3 Å². The molecule has 4 aromatic rings. The summed E-state index contributed by atoms with van der Waals surface area (Å²) in [6.45, 7) is 0.278. The van der Waals surface area contributed by atoms with Gasteiger partial charge in [-0.05, 0) is 37.0 Å². The minimum atomic E-state index is -0.970. The number of likely N-dealkylation sites (N-methyl/N-ethyl adjacent to an activating group) is 1.